The number of rotatable bonds is 3. The molecule has 0 bridgehead atoms. The van der Waals surface area contributed by atoms with Gasteiger partial charge >= 0.3 is 5.69 Å². The Balaban J connectivity index is 1.98. The maximum Gasteiger partial charge on any atom is 0.332 e. The second-order valence-corrected chi connectivity index (χ2v) is 7.50. The van der Waals surface area contributed by atoms with E-state index in [0.29, 0.717) is 11.4 Å². The van der Waals surface area contributed by atoms with Crippen molar-refractivity contribution >= 4 is 17.1 Å². The largest absolute Gasteiger partial charge is 0.461 e. The van der Waals surface area contributed by atoms with Gasteiger partial charge in [0.05, 0.1) is 12.0 Å². The van der Waals surface area contributed by atoms with Gasteiger partial charge in [-0.05, 0) is 35.2 Å². The lowest BCUT2D eigenvalue weighted by atomic mass is 9.87. The van der Waals surface area contributed by atoms with Crippen molar-refractivity contribution in [2.45, 2.75) is 26.2 Å². The molecule has 0 unspecified atom stereocenters. The average Bonchev–Trinajstić information content (AvgIpc) is 3.27. The summed E-state index contributed by atoms with van der Waals surface area (Å²) in [5.41, 5.74) is 7.14. The van der Waals surface area contributed by atoms with Gasteiger partial charge in [-0.2, -0.15) is 0 Å². The number of hydrogen-bond donors (Lipinski definition) is 2. The van der Waals surface area contributed by atoms with Crippen molar-refractivity contribution in [1.82, 2.24) is 19.5 Å². The van der Waals surface area contributed by atoms with Crippen LogP contribution in [0.2, 0.25) is 0 Å². The van der Waals surface area contributed by atoms with Gasteiger partial charge < -0.3 is 15.1 Å². The quantitative estimate of drug-likeness (QED) is 0.569. The van der Waals surface area contributed by atoms with Crippen molar-refractivity contribution in [3.63, 3.8) is 0 Å². The minimum atomic E-state index is -0.767. The Kier molecular flexibility index (Phi) is 3.92. The Bertz CT molecular complexity index is 1230. The molecule has 0 aliphatic rings. The second-order valence-electron chi connectivity index (χ2n) is 7.50. The predicted octanol–water partition coefficient (Wildman–Crippen LogP) is 2.77. The molecule has 8 nitrogen and oxygen atoms in total. The maximum atomic E-state index is 12.7. The molecule has 3 aromatic heterocycles. The van der Waals surface area contributed by atoms with E-state index in [4.69, 9.17) is 10.2 Å². The molecule has 0 aliphatic carbocycles. The summed E-state index contributed by atoms with van der Waals surface area (Å²) in [5, 5.41) is 0. The Morgan fingerprint density at radius 3 is 2.43 bits per heavy atom. The summed E-state index contributed by atoms with van der Waals surface area (Å²) in [4.78, 5) is 35.8. The van der Waals surface area contributed by atoms with Crippen LogP contribution in [-0.4, -0.2) is 25.4 Å². The zero-order chi connectivity index (χ0) is 20.1. The van der Waals surface area contributed by atoms with E-state index in [2.05, 4.69) is 35.7 Å². The van der Waals surface area contributed by atoms with Crippen molar-refractivity contribution in [2.75, 3.05) is 0 Å². The second kappa shape index (κ2) is 6.19. The predicted molar refractivity (Wildman–Crippen MR) is 104 cm³/mol. The fourth-order valence-electron chi connectivity index (χ4n) is 3.03. The first kappa shape index (κ1) is 17.7. The lowest BCUT2D eigenvalue weighted by Gasteiger charge is -2.19. The molecule has 3 N–H and O–H groups in total. The summed E-state index contributed by atoms with van der Waals surface area (Å²) < 4.78 is 6.73. The molecule has 4 rings (SSSR count). The fraction of sp³-hybridized carbons (Fsp3) is 0.200. The van der Waals surface area contributed by atoms with E-state index in [1.807, 2.05) is 24.3 Å². The SMILES string of the molecule is CC(C)(C)c1ccc(-n2c(=O)[nH]c3c(C(N)=O)nc(-c4ccco4)nc32)cc1. The van der Waals surface area contributed by atoms with Gasteiger partial charge in [0, 0.05) is 0 Å². The summed E-state index contributed by atoms with van der Waals surface area (Å²) in [7, 11) is 0. The summed E-state index contributed by atoms with van der Waals surface area (Å²) in [5.74, 6) is -0.227. The first-order valence-corrected chi connectivity index (χ1v) is 8.73. The summed E-state index contributed by atoms with van der Waals surface area (Å²) in [6.07, 6.45) is 1.47. The summed E-state index contributed by atoms with van der Waals surface area (Å²) in [6, 6.07) is 11.0. The lowest BCUT2D eigenvalue weighted by Crippen LogP contribution is -2.16. The van der Waals surface area contributed by atoms with E-state index in [-0.39, 0.29) is 28.1 Å². The molecule has 0 fully saturated rings. The first-order valence-electron chi connectivity index (χ1n) is 8.73. The van der Waals surface area contributed by atoms with E-state index >= 15 is 0 Å². The number of furan rings is 1. The lowest BCUT2D eigenvalue weighted by molar-refractivity contribution is 0.0997. The number of nitrogens with zero attached hydrogens (tertiary/aromatic N) is 3. The highest BCUT2D eigenvalue weighted by atomic mass is 16.3. The van der Waals surface area contributed by atoms with Gasteiger partial charge in [0.2, 0.25) is 0 Å². The van der Waals surface area contributed by atoms with Crippen molar-refractivity contribution in [1.29, 1.82) is 0 Å². The number of carbonyl (C=O) groups excluding carboxylic acids is 1. The number of H-pyrrole nitrogens is 1. The minimum absolute atomic E-state index is 0.0164. The van der Waals surface area contributed by atoms with Gasteiger partial charge in [0.1, 0.15) is 5.52 Å². The van der Waals surface area contributed by atoms with Gasteiger partial charge in [-0.1, -0.05) is 32.9 Å². The van der Waals surface area contributed by atoms with E-state index in [1.165, 1.54) is 10.8 Å². The first-order chi connectivity index (χ1) is 13.3. The molecule has 1 aromatic carbocycles. The summed E-state index contributed by atoms with van der Waals surface area (Å²) >= 11 is 0. The van der Waals surface area contributed by atoms with Crippen LogP contribution in [0.15, 0.2) is 51.9 Å². The van der Waals surface area contributed by atoms with Crippen LogP contribution in [0.1, 0.15) is 36.8 Å². The zero-order valence-corrected chi connectivity index (χ0v) is 15.7. The van der Waals surface area contributed by atoms with E-state index in [0.717, 1.165) is 5.56 Å². The fourth-order valence-corrected chi connectivity index (χ4v) is 3.03. The molecule has 4 aromatic rings. The number of nitrogens with two attached hydrogens (primary N) is 1. The van der Waals surface area contributed by atoms with Crippen LogP contribution < -0.4 is 11.4 Å². The number of amides is 1. The van der Waals surface area contributed by atoms with Gasteiger partial charge in [0.25, 0.3) is 5.91 Å². The van der Waals surface area contributed by atoms with Crippen molar-refractivity contribution < 1.29 is 9.21 Å². The summed E-state index contributed by atoms with van der Waals surface area (Å²) in [6.45, 7) is 6.34. The molecule has 0 aliphatic heterocycles. The van der Waals surface area contributed by atoms with Crippen molar-refractivity contribution in [3.05, 3.63) is 64.4 Å². The van der Waals surface area contributed by atoms with Crippen molar-refractivity contribution in [2.24, 2.45) is 5.73 Å². The normalized spacial score (nSPS) is 11.8. The zero-order valence-electron chi connectivity index (χ0n) is 15.7. The molecule has 1 amide bonds. The smallest absolute Gasteiger partial charge is 0.332 e. The molecule has 0 atom stereocenters. The van der Waals surface area contributed by atoms with Crippen LogP contribution in [0.25, 0.3) is 28.4 Å². The number of aromatic amines is 1. The van der Waals surface area contributed by atoms with Gasteiger partial charge in [-0.15, -0.1) is 0 Å². The third kappa shape index (κ3) is 2.88. The molecule has 0 radical (unpaired) electrons. The highest BCUT2D eigenvalue weighted by Gasteiger charge is 2.21. The molecule has 3 heterocycles. The number of aromatic nitrogens is 4. The number of fused-ring (bicyclic) bond motifs is 1. The number of hydrogen-bond acceptors (Lipinski definition) is 5. The molecule has 142 valence electrons. The van der Waals surface area contributed by atoms with Gasteiger partial charge in [0.15, 0.2) is 22.9 Å². The van der Waals surface area contributed by atoms with Crippen LogP contribution in [0.4, 0.5) is 0 Å². The molecule has 28 heavy (non-hydrogen) atoms. The van der Waals surface area contributed by atoms with Crippen LogP contribution in [0, 0.1) is 0 Å². The third-order valence-corrected chi connectivity index (χ3v) is 4.50. The number of nitrogens with one attached hydrogen (secondary N) is 1. The van der Waals surface area contributed by atoms with E-state index < -0.39 is 11.6 Å². The highest BCUT2D eigenvalue weighted by molar-refractivity contribution is 6.02. The third-order valence-electron chi connectivity index (χ3n) is 4.50. The van der Waals surface area contributed by atoms with Crippen LogP contribution in [0.3, 0.4) is 0 Å². The number of primary amides is 1. The number of benzene rings is 1. The highest BCUT2D eigenvalue weighted by Crippen LogP contribution is 2.25. The minimum Gasteiger partial charge on any atom is -0.461 e. The molecule has 8 heteroatoms. The van der Waals surface area contributed by atoms with Crippen LogP contribution in [-0.2, 0) is 5.41 Å². The van der Waals surface area contributed by atoms with E-state index in [1.54, 1.807) is 12.1 Å². The van der Waals surface area contributed by atoms with Crippen LogP contribution >= 0.6 is 0 Å². The molecule has 0 saturated heterocycles. The van der Waals surface area contributed by atoms with E-state index in [9.17, 15) is 9.59 Å². The Hall–Kier alpha value is -3.68. The molecule has 0 spiro atoms. The van der Waals surface area contributed by atoms with Crippen LogP contribution in [0.5, 0.6) is 0 Å². The number of carbonyl (C=O) groups is 1. The van der Waals surface area contributed by atoms with Gasteiger partial charge in [-0.3, -0.25) is 4.79 Å². The topological polar surface area (TPSA) is 120 Å². The van der Waals surface area contributed by atoms with Crippen molar-refractivity contribution in [3.8, 4) is 17.3 Å². The Morgan fingerprint density at radius 1 is 1.14 bits per heavy atom. The standard InChI is InChI=1S/C20H19N5O3/c1-20(2,3)11-6-8-12(9-7-11)25-18-15(23-19(25)27)14(16(21)26)22-17(24-18)13-5-4-10-28-13/h4-10H,1-3H3,(H2,21,26)(H,23,27). The molecular weight excluding hydrogens is 358 g/mol. The van der Waals surface area contributed by atoms with Gasteiger partial charge in [-0.25, -0.2) is 19.3 Å². The molecular formula is C20H19N5O3. The average molecular weight is 377 g/mol. The monoisotopic (exact) mass is 377 g/mol. The Morgan fingerprint density at radius 2 is 1.86 bits per heavy atom. The number of imidazole rings is 1. The Labute approximate surface area is 160 Å². The maximum absolute atomic E-state index is 12.7. The molecule has 0 saturated carbocycles.